The first-order chi connectivity index (χ1) is 6.72. The molecule has 14 heavy (non-hydrogen) atoms. The van der Waals surface area contributed by atoms with E-state index < -0.39 is 0 Å². The lowest BCUT2D eigenvalue weighted by Gasteiger charge is -2.31. The van der Waals surface area contributed by atoms with Gasteiger partial charge >= 0.3 is 0 Å². The number of hydrogen-bond donors (Lipinski definition) is 1. The lowest BCUT2D eigenvalue weighted by molar-refractivity contribution is 0.121. The van der Waals surface area contributed by atoms with Crippen LogP contribution in [0.5, 0.6) is 0 Å². The highest BCUT2D eigenvalue weighted by Crippen LogP contribution is 2.07. The summed E-state index contributed by atoms with van der Waals surface area (Å²) in [7, 11) is 1.78. The van der Waals surface area contributed by atoms with Gasteiger partial charge in [-0.3, -0.25) is 0 Å². The summed E-state index contributed by atoms with van der Waals surface area (Å²) in [5, 5.41) is 3.51. The predicted octanol–water partition coefficient (Wildman–Crippen LogP) is 0.810. The molecule has 84 valence electrons. The largest absolute Gasteiger partial charge is 0.383 e. The van der Waals surface area contributed by atoms with Crippen LogP contribution in [0.3, 0.4) is 0 Å². The molecule has 0 radical (unpaired) electrons. The van der Waals surface area contributed by atoms with Crippen molar-refractivity contribution in [3.8, 4) is 0 Å². The Kier molecular flexibility index (Phi) is 5.45. The van der Waals surface area contributed by atoms with Crippen LogP contribution in [-0.4, -0.2) is 51.3 Å². The first-order valence-electron chi connectivity index (χ1n) is 5.64. The van der Waals surface area contributed by atoms with Gasteiger partial charge in [0.15, 0.2) is 0 Å². The van der Waals surface area contributed by atoms with Gasteiger partial charge in [-0.1, -0.05) is 13.8 Å². The van der Waals surface area contributed by atoms with Crippen molar-refractivity contribution in [2.24, 2.45) is 11.8 Å². The summed E-state index contributed by atoms with van der Waals surface area (Å²) in [6, 6.07) is 0. The Bertz CT molecular complexity index is 140. The SMILES string of the molecule is COCCN1CC(C)CNCC(C)C1. The fourth-order valence-electron chi connectivity index (χ4n) is 2.06. The van der Waals surface area contributed by atoms with E-state index in [9.17, 15) is 0 Å². The van der Waals surface area contributed by atoms with Crippen molar-refractivity contribution in [1.29, 1.82) is 0 Å². The molecule has 0 amide bonds. The monoisotopic (exact) mass is 200 g/mol. The minimum absolute atomic E-state index is 0.749. The fourth-order valence-corrected chi connectivity index (χ4v) is 2.06. The lowest BCUT2D eigenvalue weighted by Crippen LogP contribution is -2.43. The first-order valence-corrected chi connectivity index (χ1v) is 5.64. The molecular weight excluding hydrogens is 176 g/mol. The highest BCUT2D eigenvalue weighted by molar-refractivity contribution is 4.72. The van der Waals surface area contributed by atoms with E-state index in [4.69, 9.17) is 4.74 Å². The van der Waals surface area contributed by atoms with Gasteiger partial charge in [-0.2, -0.15) is 0 Å². The number of methoxy groups -OCH3 is 1. The van der Waals surface area contributed by atoms with E-state index in [0.29, 0.717) is 0 Å². The van der Waals surface area contributed by atoms with Gasteiger partial charge in [-0.25, -0.2) is 0 Å². The van der Waals surface area contributed by atoms with Crippen molar-refractivity contribution in [2.45, 2.75) is 13.8 Å². The molecule has 0 aromatic rings. The van der Waals surface area contributed by atoms with E-state index in [0.717, 1.165) is 38.1 Å². The van der Waals surface area contributed by atoms with Crippen molar-refractivity contribution in [3.63, 3.8) is 0 Å². The zero-order valence-corrected chi connectivity index (χ0v) is 9.75. The van der Waals surface area contributed by atoms with Gasteiger partial charge in [0.1, 0.15) is 0 Å². The molecular formula is C11H24N2O. The molecule has 0 aromatic heterocycles. The van der Waals surface area contributed by atoms with E-state index in [2.05, 4.69) is 24.1 Å². The molecule has 1 N–H and O–H groups in total. The molecule has 1 aliphatic rings. The molecule has 1 rings (SSSR count). The molecule has 1 saturated heterocycles. The van der Waals surface area contributed by atoms with Crippen LogP contribution in [-0.2, 0) is 4.74 Å². The Hall–Kier alpha value is -0.120. The van der Waals surface area contributed by atoms with Crippen molar-refractivity contribution in [3.05, 3.63) is 0 Å². The Balaban J connectivity index is 2.35. The predicted molar refractivity (Wildman–Crippen MR) is 59.5 cm³/mol. The maximum absolute atomic E-state index is 5.13. The van der Waals surface area contributed by atoms with E-state index in [1.54, 1.807) is 7.11 Å². The third-order valence-corrected chi connectivity index (χ3v) is 2.74. The van der Waals surface area contributed by atoms with Crippen LogP contribution in [0.25, 0.3) is 0 Å². The molecule has 1 heterocycles. The second kappa shape index (κ2) is 6.38. The topological polar surface area (TPSA) is 24.5 Å². The van der Waals surface area contributed by atoms with Gasteiger partial charge in [0, 0.05) is 26.7 Å². The van der Waals surface area contributed by atoms with Crippen LogP contribution in [0.4, 0.5) is 0 Å². The third kappa shape index (κ3) is 4.40. The summed E-state index contributed by atoms with van der Waals surface area (Å²) >= 11 is 0. The molecule has 2 unspecified atom stereocenters. The molecule has 1 fully saturated rings. The van der Waals surface area contributed by atoms with E-state index >= 15 is 0 Å². The molecule has 0 saturated carbocycles. The molecule has 0 aromatic carbocycles. The number of hydrogen-bond acceptors (Lipinski definition) is 3. The summed E-state index contributed by atoms with van der Waals surface area (Å²) in [5.41, 5.74) is 0. The van der Waals surface area contributed by atoms with Gasteiger partial charge in [0.05, 0.1) is 6.61 Å². The zero-order chi connectivity index (χ0) is 10.4. The van der Waals surface area contributed by atoms with Gasteiger partial charge in [0.25, 0.3) is 0 Å². The molecule has 2 atom stereocenters. The van der Waals surface area contributed by atoms with Gasteiger partial charge in [0.2, 0.25) is 0 Å². The Labute approximate surface area is 87.8 Å². The van der Waals surface area contributed by atoms with Gasteiger partial charge < -0.3 is 15.0 Å². The number of nitrogens with one attached hydrogen (secondary N) is 1. The van der Waals surface area contributed by atoms with E-state index in [1.807, 2.05) is 0 Å². The van der Waals surface area contributed by atoms with Crippen molar-refractivity contribution < 1.29 is 4.74 Å². The molecule has 3 nitrogen and oxygen atoms in total. The Morgan fingerprint density at radius 3 is 2.29 bits per heavy atom. The minimum Gasteiger partial charge on any atom is -0.383 e. The van der Waals surface area contributed by atoms with Crippen molar-refractivity contribution in [1.82, 2.24) is 10.2 Å². The van der Waals surface area contributed by atoms with Crippen LogP contribution in [0.2, 0.25) is 0 Å². The average molecular weight is 200 g/mol. The van der Waals surface area contributed by atoms with E-state index in [1.165, 1.54) is 13.1 Å². The van der Waals surface area contributed by atoms with Crippen molar-refractivity contribution >= 4 is 0 Å². The number of rotatable bonds is 3. The van der Waals surface area contributed by atoms with Gasteiger partial charge in [-0.15, -0.1) is 0 Å². The van der Waals surface area contributed by atoms with Gasteiger partial charge in [-0.05, 0) is 24.9 Å². The van der Waals surface area contributed by atoms with Crippen molar-refractivity contribution in [2.75, 3.05) is 46.4 Å². The number of nitrogens with zero attached hydrogens (tertiary/aromatic N) is 1. The summed E-state index contributed by atoms with van der Waals surface area (Å²) < 4.78 is 5.13. The third-order valence-electron chi connectivity index (χ3n) is 2.74. The second-order valence-electron chi connectivity index (χ2n) is 4.62. The molecule has 1 aliphatic heterocycles. The van der Waals surface area contributed by atoms with E-state index in [-0.39, 0.29) is 0 Å². The molecule has 0 aliphatic carbocycles. The summed E-state index contributed by atoms with van der Waals surface area (Å²) in [6.07, 6.45) is 0. The zero-order valence-electron chi connectivity index (χ0n) is 9.75. The first kappa shape index (κ1) is 12.0. The van der Waals surface area contributed by atoms with Crippen LogP contribution >= 0.6 is 0 Å². The molecule has 0 spiro atoms. The normalized spacial score (nSPS) is 31.1. The maximum atomic E-state index is 5.13. The van der Waals surface area contributed by atoms with Crippen LogP contribution in [0, 0.1) is 11.8 Å². The lowest BCUT2D eigenvalue weighted by atomic mass is 10.1. The smallest absolute Gasteiger partial charge is 0.0589 e. The molecule has 0 bridgehead atoms. The standard InChI is InChI=1S/C11H24N2O/c1-10-6-12-7-11(2)9-13(8-10)4-5-14-3/h10-12H,4-9H2,1-3H3. The minimum atomic E-state index is 0.749. The summed E-state index contributed by atoms with van der Waals surface area (Å²) in [6.45, 7) is 11.2. The average Bonchev–Trinajstić information content (AvgIpc) is 2.11. The molecule has 3 heteroatoms. The number of ether oxygens (including phenoxy) is 1. The highest BCUT2D eigenvalue weighted by Gasteiger charge is 2.16. The Morgan fingerprint density at radius 1 is 1.21 bits per heavy atom. The summed E-state index contributed by atoms with van der Waals surface area (Å²) in [4.78, 5) is 2.53. The Morgan fingerprint density at radius 2 is 1.79 bits per heavy atom. The fraction of sp³-hybridized carbons (Fsp3) is 1.00. The second-order valence-corrected chi connectivity index (χ2v) is 4.62. The summed E-state index contributed by atoms with van der Waals surface area (Å²) in [5.74, 6) is 1.50. The van der Waals surface area contributed by atoms with Crippen LogP contribution in [0.15, 0.2) is 0 Å². The quantitative estimate of drug-likeness (QED) is 0.729. The van der Waals surface area contributed by atoms with Crippen LogP contribution < -0.4 is 5.32 Å². The maximum Gasteiger partial charge on any atom is 0.0589 e. The van der Waals surface area contributed by atoms with Crippen LogP contribution in [0.1, 0.15) is 13.8 Å². The highest BCUT2D eigenvalue weighted by atomic mass is 16.5.